The molecule has 0 bridgehead atoms. The number of hydrogen-bond donors (Lipinski definition) is 2. The molecule has 1 aliphatic heterocycles. The molecule has 0 unspecified atom stereocenters. The van der Waals surface area contributed by atoms with Crippen molar-refractivity contribution < 1.29 is 4.79 Å². The van der Waals surface area contributed by atoms with Crippen LogP contribution in [0, 0.1) is 0 Å². The second-order valence-corrected chi connectivity index (χ2v) is 7.98. The molecule has 2 aromatic heterocycles. The molecule has 5 rings (SSSR count). The van der Waals surface area contributed by atoms with Crippen LogP contribution in [0.15, 0.2) is 42.5 Å². The van der Waals surface area contributed by atoms with Crippen molar-refractivity contribution in [2.45, 2.75) is 19.9 Å². The molecule has 0 aliphatic carbocycles. The van der Waals surface area contributed by atoms with E-state index in [-0.39, 0.29) is 5.91 Å². The fourth-order valence-electron chi connectivity index (χ4n) is 3.74. The fourth-order valence-corrected chi connectivity index (χ4v) is 4.79. The van der Waals surface area contributed by atoms with Gasteiger partial charge in [0.15, 0.2) is 5.13 Å². The highest BCUT2D eigenvalue weighted by Crippen LogP contribution is 2.29. The maximum Gasteiger partial charge on any atom is 0.273 e. The van der Waals surface area contributed by atoms with Crippen LogP contribution in [-0.4, -0.2) is 33.9 Å². The van der Waals surface area contributed by atoms with Gasteiger partial charge in [-0.25, -0.2) is 4.98 Å². The Bertz CT molecular complexity index is 1160. The van der Waals surface area contributed by atoms with Gasteiger partial charge in [-0.3, -0.25) is 15.0 Å². The van der Waals surface area contributed by atoms with Crippen molar-refractivity contribution in [3.63, 3.8) is 0 Å². The Morgan fingerprint density at radius 3 is 3.04 bits per heavy atom. The van der Waals surface area contributed by atoms with Crippen molar-refractivity contribution in [3.8, 4) is 0 Å². The van der Waals surface area contributed by atoms with Crippen LogP contribution in [0.1, 0.15) is 28.0 Å². The number of anilines is 1. The zero-order valence-corrected chi connectivity index (χ0v) is 15.9. The van der Waals surface area contributed by atoms with Crippen LogP contribution in [0.25, 0.3) is 21.7 Å². The number of nitrogens with zero attached hydrogens (tertiary/aromatic N) is 2. The summed E-state index contributed by atoms with van der Waals surface area (Å²) in [7, 11) is 0. The second-order valence-electron chi connectivity index (χ2n) is 6.89. The smallest absolute Gasteiger partial charge is 0.273 e. The van der Waals surface area contributed by atoms with E-state index >= 15 is 0 Å². The summed E-state index contributed by atoms with van der Waals surface area (Å²) < 4.78 is 0. The van der Waals surface area contributed by atoms with E-state index in [2.05, 4.69) is 45.3 Å². The number of likely N-dealkylation sites (N-methyl/N-ethyl adjacent to an activating group) is 1. The predicted molar refractivity (Wildman–Crippen MR) is 111 cm³/mol. The first kappa shape index (κ1) is 16.5. The molecule has 3 heterocycles. The van der Waals surface area contributed by atoms with E-state index in [9.17, 15) is 4.79 Å². The molecule has 0 saturated carbocycles. The van der Waals surface area contributed by atoms with E-state index < -0.39 is 0 Å². The van der Waals surface area contributed by atoms with Crippen LogP contribution in [0.4, 0.5) is 5.13 Å². The molecule has 0 saturated heterocycles. The van der Waals surface area contributed by atoms with E-state index in [1.165, 1.54) is 10.3 Å². The molecule has 6 heteroatoms. The van der Waals surface area contributed by atoms with Crippen molar-refractivity contribution in [1.29, 1.82) is 0 Å². The number of carbonyl (C=O) groups is 1. The number of amides is 1. The lowest BCUT2D eigenvalue weighted by molar-refractivity contribution is 0.102. The Hall–Kier alpha value is -2.70. The normalized spacial score (nSPS) is 14.6. The van der Waals surface area contributed by atoms with Crippen LogP contribution in [0.3, 0.4) is 0 Å². The quantitative estimate of drug-likeness (QED) is 0.557. The number of benzene rings is 2. The number of hydrogen-bond acceptors (Lipinski definition) is 4. The highest BCUT2D eigenvalue weighted by Gasteiger charge is 2.21. The van der Waals surface area contributed by atoms with Gasteiger partial charge in [-0.2, -0.15) is 0 Å². The Balaban J connectivity index is 1.43. The minimum absolute atomic E-state index is 0.145. The largest absolute Gasteiger partial charge is 0.350 e. The topological polar surface area (TPSA) is 61.0 Å². The van der Waals surface area contributed by atoms with Gasteiger partial charge in [0.25, 0.3) is 5.91 Å². The van der Waals surface area contributed by atoms with E-state index in [4.69, 9.17) is 0 Å². The number of carbonyl (C=O) groups excluding carboxylic acids is 1. The van der Waals surface area contributed by atoms with Crippen molar-refractivity contribution in [2.24, 2.45) is 0 Å². The third-order valence-electron chi connectivity index (χ3n) is 5.25. The molecule has 1 amide bonds. The van der Waals surface area contributed by atoms with Crippen LogP contribution in [0.2, 0.25) is 0 Å². The number of H-pyrrole nitrogens is 1. The first-order valence-corrected chi connectivity index (χ1v) is 10.1. The van der Waals surface area contributed by atoms with Gasteiger partial charge < -0.3 is 4.98 Å². The average Bonchev–Trinajstić information content (AvgIpc) is 3.30. The van der Waals surface area contributed by atoms with Gasteiger partial charge in [-0.1, -0.05) is 37.3 Å². The van der Waals surface area contributed by atoms with Crippen molar-refractivity contribution in [3.05, 3.63) is 58.7 Å². The van der Waals surface area contributed by atoms with Crippen LogP contribution < -0.4 is 5.32 Å². The van der Waals surface area contributed by atoms with Gasteiger partial charge in [-0.15, -0.1) is 11.3 Å². The summed E-state index contributed by atoms with van der Waals surface area (Å²) in [6.07, 6.45) is 0.952. The molecule has 0 radical (unpaired) electrons. The Morgan fingerprint density at radius 2 is 2.15 bits per heavy atom. The maximum atomic E-state index is 12.8. The molecule has 27 heavy (non-hydrogen) atoms. The van der Waals surface area contributed by atoms with Crippen molar-refractivity contribution in [2.75, 3.05) is 18.4 Å². The zero-order chi connectivity index (χ0) is 18.4. The average molecular weight is 376 g/mol. The third kappa shape index (κ3) is 2.91. The SMILES string of the molecule is CCN1CCc2nc(NC(=O)c3cc4c(ccc5ccccc54)[nH]3)sc2C1. The van der Waals surface area contributed by atoms with E-state index in [0.717, 1.165) is 48.0 Å². The molecule has 4 aromatic rings. The first-order valence-electron chi connectivity index (χ1n) is 9.24. The van der Waals surface area contributed by atoms with E-state index in [1.807, 2.05) is 24.3 Å². The Kier molecular flexibility index (Phi) is 3.95. The lowest BCUT2D eigenvalue weighted by Crippen LogP contribution is -2.29. The zero-order valence-electron chi connectivity index (χ0n) is 15.1. The monoisotopic (exact) mass is 376 g/mol. The van der Waals surface area contributed by atoms with Gasteiger partial charge in [0.1, 0.15) is 5.69 Å². The lowest BCUT2D eigenvalue weighted by Gasteiger charge is -2.23. The molecular formula is C21H20N4OS. The van der Waals surface area contributed by atoms with Crippen LogP contribution in [0.5, 0.6) is 0 Å². The number of rotatable bonds is 3. The molecule has 136 valence electrons. The summed E-state index contributed by atoms with van der Waals surface area (Å²) >= 11 is 1.59. The second kappa shape index (κ2) is 6.48. The maximum absolute atomic E-state index is 12.8. The minimum Gasteiger partial charge on any atom is -0.350 e. The molecule has 2 N–H and O–H groups in total. The number of thiazole rings is 1. The van der Waals surface area contributed by atoms with Crippen LogP contribution >= 0.6 is 11.3 Å². The summed E-state index contributed by atoms with van der Waals surface area (Å²) in [5.74, 6) is -0.145. The minimum atomic E-state index is -0.145. The summed E-state index contributed by atoms with van der Waals surface area (Å²) in [6, 6.07) is 14.2. The number of nitrogens with one attached hydrogen (secondary N) is 2. The Labute approximate surface area is 161 Å². The number of fused-ring (bicyclic) bond motifs is 4. The molecule has 0 fully saturated rings. The summed E-state index contributed by atoms with van der Waals surface area (Å²) in [6.45, 7) is 5.18. The summed E-state index contributed by atoms with van der Waals surface area (Å²) in [4.78, 5) is 24.3. The summed E-state index contributed by atoms with van der Waals surface area (Å²) in [5, 5.41) is 7.05. The molecule has 5 nitrogen and oxygen atoms in total. The van der Waals surface area contributed by atoms with Gasteiger partial charge in [0.2, 0.25) is 0 Å². The van der Waals surface area contributed by atoms with E-state index in [0.29, 0.717) is 10.8 Å². The molecule has 2 aromatic carbocycles. The van der Waals surface area contributed by atoms with Gasteiger partial charge >= 0.3 is 0 Å². The first-order chi connectivity index (χ1) is 13.2. The lowest BCUT2D eigenvalue weighted by atomic mass is 10.1. The summed E-state index contributed by atoms with van der Waals surface area (Å²) in [5.41, 5.74) is 2.66. The predicted octanol–water partition coefficient (Wildman–Crippen LogP) is 4.41. The molecule has 0 atom stereocenters. The third-order valence-corrected chi connectivity index (χ3v) is 6.25. The van der Waals surface area contributed by atoms with Crippen molar-refractivity contribution >= 4 is 44.1 Å². The molecule has 0 spiro atoms. The highest BCUT2D eigenvalue weighted by atomic mass is 32.1. The van der Waals surface area contributed by atoms with Gasteiger partial charge in [-0.05, 0) is 29.4 Å². The highest BCUT2D eigenvalue weighted by molar-refractivity contribution is 7.15. The van der Waals surface area contributed by atoms with Gasteiger partial charge in [0.05, 0.1) is 5.69 Å². The molecule has 1 aliphatic rings. The number of aromatic amines is 1. The van der Waals surface area contributed by atoms with Crippen LogP contribution in [-0.2, 0) is 13.0 Å². The van der Waals surface area contributed by atoms with Gasteiger partial charge in [0, 0.05) is 35.3 Å². The van der Waals surface area contributed by atoms with Crippen molar-refractivity contribution in [1.82, 2.24) is 14.9 Å². The Morgan fingerprint density at radius 1 is 1.26 bits per heavy atom. The van der Waals surface area contributed by atoms with E-state index in [1.54, 1.807) is 11.3 Å². The molecular weight excluding hydrogens is 356 g/mol. The number of aromatic nitrogens is 2. The standard InChI is InChI=1S/C21H20N4OS/c1-2-25-10-9-17-19(12-25)27-21(23-17)24-20(26)18-11-15-14-6-4-3-5-13(14)7-8-16(15)22-18/h3-8,11,22H,2,9-10,12H2,1H3,(H,23,24,26). The fraction of sp³-hybridized carbons (Fsp3) is 0.238.